The van der Waals surface area contributed by atoms with Gasteiger partial charge in [-0.3, -0.25) is 0 Å². The van der Waals surface area contributed by atoms with E-state index in [-0.39, 0.29) is 6.23 Å². The van der Waals surface area contributed by atoms with Crippen molar-refractivity contribution in [3.05, 3.63) is 11.4 Å². The molecular weight excluding hydrogens is 308 g/mol. The standard InChI is InChI=1S/C17H24N4OS/c1-23-17-19-16-14(20-21-17)12-9-5-6-10-13(12)18-15(22-16)11-7-3-2-4-8-11/h11,15,18H,2-10H2,1H3. The molecule has 0 aromatic carbocycles. The minimum Gasteiger partial charge on any atom is -0.452 e. The summed E-state index contributed by atoms with van der Waals surface area (Å²) < 4.78 is 6.35. The quantitative estimate of drug-likeness (QED) is 0.832. The first-order chi connectivity index (χ1) is 11.3. The van der Waals surface area contributed by atoms with E-state index in [0.717, 1.165) is 18.5 Å². The first-order valence-electron chi connectivity index (χ1n) is 8.79. The Hall–Kier alpha value is -1.30. The Labute approximate surface area is 141 Å². The second-order valence-corrected chi connectivity index (χ2v) is 7.47. The second kappa shape index (κ2) is 6.67. The zero-order valence-electron chi connectivity index (χ0n) is 13.7. The SMILES string of the molecule is CSc1nnc2c(n1)OC(C1CCCCC1)NC1=C2CCCC1. The third kappa shape index (κ3) is 3.05. The molecule has 0 radical (unpaired) electrons. The molecule has 6 heteroatoms. The van der Waals surface area contributed by atoms with Crippen molar-refractivity contribution < 1.29 is 4.74 Å². The second-order valence-electron chi connectivity index (χ2n) is 6.70. The van der Waals surface area contributed by atoms with Crippen molar-refractivity contribution in [2.45, 2.75) is 69.2 Å². The van der Waals surface area contributed by atoms with Gasteiger partial charge in [0, 0.05) is 17.2 Å². The molecule has 0 saturated heterocycles. The third-order valence-corrected chi connectivity index (χ3v) is 5.74. The molecule has 0 bridgehead atoms. The van der Waals surface area contributed by atoms with Crippen molar-refractivity contribution >= 4 is 17.3 Å². The molecule has 0 spiro atoms. The van der Waals surface area contributed by atoms with Crippen molar-refractivity contribution in [2.24, 2.45) is 5.92 Å². The van der Waals surface area contributed by atoms with Gasteiger partial charge in [-0.1, -0.05) is 31.0 Å². The van der Waals surface area contributed by atoms with Crippen molar-refractivity contribution in [1.82, 2.24) is 20.5 Å². The van der Waals surface area contributed by atoms with E-state index < -0.39 is 0 Å². The largest absolute Gasteiger partial charge is 0.452 e. The van der Waals surface area contributed by atoms with Crippen LogP contribution in [0.2, 0.25) is 0 Å². The lowest BCUT2D eigenvalue weighted by Crippen LogP contribution is -2.41. The van der Waals surface area contributed by atoms with Crippen molar-refractivity contribution in [2.75, 3.05) is 6.26 Å². The molecule has 3 aliphatic rings. The molecule has 1 unspecified atom stereocenters. The van der Waals surface area contributed by atoms with Gasteiger partial charge in [0.25, 0.3) is 0 Å². The van der Waals surface area contributed by atoms with Crippen LogP contribution < -0.4 is 10.1 Å². The Morgan fingerprint density at radius 2 is 1.87 bits per heavy atom. The maximum absolute atomic E-state index is 6.35. The van der Waals surface area contributed by atoms with Gasteiger partial charge in [-0.25, -0.2) is 0 Å². The first kappa shape index (κ1) is 15.2. The van der Waals surface area contributed by atoms with Crippen LogP contribution in [0.3, 0.4) is 0 Å². The van der Waals surface area contributed by atoms with Gasteiger partial charge in [0.15, 0.2) is 11.9 Å². The number of aromatic nitrogens is 3. The van der Waals surface area contributed by atoms with Gasteiger partial charge in [-0.05, 0) is 44.8 Å². The molecule has 1 fully saturated rings. The summed E-state index contributed by atoms with van der Waals surface area (Å²) in [7, 11) is 0. The number of allylic oxidation sites excluding steroid dienone is 2. The van der Waals surface area contributed by atoms with E-state index in [9.17, 15) is 0 Å². The fourth-order valence-corrected chi connectivity index (χ4v) is 4.25. The van der Waals surface area contributed by atoms with Crippen LogP contribution in [-0.2, 0) is 0 Å². The minimum absolute atomic E-state index is 0.0334. The number of fused-ring (bicyclic) bond motifs is 2. The van der Waals surface area contributed by atoms with E-state index in [1.807, 2.05) is 6.26 Å². The van der Waals surface area contributed by atoms with E-state index in [1.165, 1.54) is 68.0 Å². The van der Waals surface area contributed by atoms with E-state index in [4.69, 9.17) is 4.74 Å². The van der Waals surface area contributed by atoms with Gasteiger partial charge in [-0.15, -0.1) is 10.2 Å². The molecule has 1 atom stereocenters. The number of rotatable bonds is 2. The summed E-state index contributed by atoms with van der Waals surface area (Å²) in [5, 5.41) is 13.1. The number of nitrogens with zero attached hydrogens (tertiary/aromatic N) is 3. The average Bonchev–Trinajstić information content (AvgIpc) is 2.78. The molecule has 1 saturated carbocycles. The van der Waals surface area contributed by atoms with Gasteiger partial charge >= 0.3 is 0 Å². The molecular formula is C17H24N4OS. The highest BCUT2D eigenvalue weighted by atomic mass is 32.2. The van der Waals surface area contributed by atoms with Crippen LogP contribution in [0.1, 0.15) is 63.5 Å². The summed E-state index contributed by atoms with van der Waals surface area (Å²) in [6, 6.07) is 0. The fraction of sp³-hybridized carbons (Fsp3) is 0.706. The van der Waals surface area contributed by atoms with Crippen LogP contribution in [0.25, 0.3) is 5.57 Å². The minimum atomic E-state index is 0.0334. The summed E-state index contributed by atoms with van der Waals surface area (Å²) in [6.07, 6.45) is 13.0. The average molecular weight is 332 g/mol. The smallest absolute Gasteiger partial charge is 0.246 e. The monoisotopic (exact) mass is 332 g/mol. The van der Waals surface area contributed by atoms with Crippen LogP contribution in [0.5, 0.6) is 5.88 Å². The van der Waals surface area contributed by atoms with E-state index in [0.29, 0.717) is 17.0 Å². The molecule has 23 heavy (non-hydrogen) atoms. The summed E-state index contributed by atoms with van der Waals surface area (Å²) in [5.74, 6) is 1.25. The maximum atomic E-state index is 6.35. The molecule has 0 amide bonds. The number of hydrogen-bond acceptors (Lipinski definition) is 6. The molecule has 2 aliphatic carbocycles. The van der Waals surface area contributed by atoms with Gasteiger partial charge in [0.1, 0.15) is 0 Å². The highest BCUT2D eigenvalue weighted by Gasteiger charge is 2.33. The normalized spacial score (nSPS) is 25.0. The lowest BCUT2D eigenvalue weighted by Gasteiger charge is -2.31. The fourth-order valence-electron chi connectivity index (χ4n) is 3.95. The van der Waals surface area contributed by atoms with E-state index in [1.54, 1.807) is 0 Å². The Morgan fingerprint density at radius 1 is 1.04 bits per heavy atom. The van der Waals surface area contributed by atoms with Crippen LogP contribution in [-0.4, -0.2) is 27.7 Å². The summed E-state index contributed by atoms with van der Waals surface area (Å²) in [4.78, 5) is 4.62. The number of hydrogen-bond donors (Lipinski definition) is 1. The summed E-state index contributed by atoms with van der Waals surface area (Å²) in [6.45, 7) is 0. The molecule has 1 aromatic rings. The van der Waals surface area contributed by atoms with E-state index >= 15 is 0 Å². The maximum Gasteiger partial charge on any atom is 0.246 e. The van der Waals surface area contributed by atoms with Crippen LogP contribution in [0, 0.1) is 5.92 Å². The first-order valence-corrected chi connectivity index (χ1v) is 10.0. The topological polar surface area (TPSA) is 59.9 Å². The van der Waals surface area contributed by atoms with Gasteiger partial charge < -0.3 is 10.1 Å². The Morgan fingerprint density at radius 3 is 2.70 bits per heavy atom. The zero-order valence-corrected chi connectivity index (χ0v) is 14.5. The molecule has 2 heterocycles. The highest BCUT2D eigenvalue weighted by Crippen LogP contribution is 2.39. The third-order valence-electron chi connectivity index (χ3n) is 5.20. The predicted molar refractivity (Wildman–Crippen MR) is 91.1 cm³/mol. The van der Waals surface area contributed by atoms with Crippen molar-refractivity contribution in [1.29, 1.82) is 0 Å². The van der Waals surface area contributed by atoms with Crippen molar-refractivity contribution in [3.63, 3.8) is 0 Å². The summed E-state index contributed by atoms with van der Waals surface area (Å²) in [5.41, 5.74) is 3.46. The zero-order chi connectivity index (χ0) is 15.6. The predicted octanol–water partition coefficient (Wildman–Crippen LogP) is 3.77. The molecule has 124 valence electrons. The van der Waals surface area contributed by atoms with Gasteiger partial charge in [0.05, 0.1) is 0 Å². The number of thioether (sulfide) groups is 1. The lowest BCUT2D eigenvalue weighted by molar-refractivity contribution is 0.0814. The van der Waals surface area contributed by atoms with Crippen LogP contribution >= 0.6 is 11.8 Å². The molecule has 1 N–H and O–H groups in total. The molecule has 5 nitrogen and oxygen atoms in total. The molecule has 4 rings (SSSR count). The molecule has 1 aromatic heterocycles. The highest BCUT2D eigenvalue weighted by molar-refractivity contribution is 7.98. The Bertz CT molecular complexity index is 613. The number of ether oxygens (including phenoxy) is 1. The van der Waals surface area contributed by atoms with E-state index in [2.05, 4.69) is 20.5 Å². The Kier molecular flexibility index (Phi) is 4.42. The molecule has 1 aliphatic heterocycles. The Balaban J connectivity index is 1.72. The summed E-state index contributed by atoms with van der Waals surface area (Å²) >= 11 is 1.51. The van der Waals surface area contributed by atoms with Crippen LogP contribution in [0.15, 0.2) is 10.9 Å². The van der Waals surface area contributed by atoms with Gasteiger partial charge in [0.2, 0.25) is 11.0 Å². The number of nitrogens with one attached hydrogen (secondary N) is 1. The lowest BCUT2D eigenvalue weighted by atomic mass is 9.87. The van der Waals surface area contributed by atoms with Crippen molar-refractivity contribution in [3.8, 4) is 5.88 Å². The van der Waals surface area contributed by atoms with Gasteiger partial charge in [-0.2, -0.15) is 4.98 Å². The van der Waals surface area contributed by atoms with Crippen LogP contribution in [0.4, 0.5) is 0 Å².